The van der Waals surface area contributed by atoms with E-state index >= 15 is 0 Å². The molecule has 2 fully saturated rings. The molecule has 0 radical (unpaired) electrons. The van der Waals surface area contributed by atoms with Crippen molar-refractivity contribution in [2.45, 2.75) is 68.3 Å². The van der Waals surface area contributed by atoms with Gasteiger partial charge in [-0.1, -0.05) is 0 Å². The van der Waals surface area contributed by atoms with E-state index in [1.54, 1.807) is 0 Å². The first-order chi connectivity index (χ1) is 12.1. The van der Waals surface area contributed by atoms with Crippen molar-refractivity contribution in [2.75, 3.05) is 13.2 Å². The SMILES string of the molecule is CC(=O)OCC1O[C@H](OCC2OC(O)[C@@H](O)C(O)[C@@H]2O)C(O)[C@@H](O)[C@H]1O. The molecule has 5 unspecified atom stereocenters. The Labute approximate surface area is 148 Å². The summed E-state index contributed by atoms with van der Waals surface area (Å²) in [5.74, 6) is -0.640. The molecule has 2 heterocycles. The van der Waals surface area contributed by atoms with Gasteiger partial charge in [-0.15, -0.1) is 0 Å². The monoisotopic (exact) mass is 384 g/mol. The van der Waals surface area contributed by atoms with E-state index in [9.17, 15) is 40.5 Å². The summed E-state index contributed by atoms with van der Waals surface area (Å²) in [4.78, 5) is 10.9. The maximum Gasteiger partial charge on any atom is 0.302 e. The highest BCUT2D eigenvalue weighted by Gasteiger charge is 2.47. The van der Waals surface area contributed by atoms with Crippen molar-refractivity contribution < 1.29 is 59.5 Å². The summed E-state index contributed by atoms with van der Waals surface area (Å²) in [6.45, 7) is 0.250. The van der Waals surface area contributed by atoms with Crippen molar-refractivity contribution >= 4 is 5.97 Å². The summed E-state index contributed by atoms with van der Waals surface area (Å²) < 4.78 is 20.1. The molecule has 2 saturated heterocycles. The Kier molecular flexibility index (Phi) is 7.27. The van der Waals surface area contributed by atoms with Crippen LogP contribution in [0.3, 0.4) is 0 Å². The number of carbonyl (C=O) groups is 1. The zero-order chi connectivity index (χ0) is 19.6. The van der Waals surface area contributed by atoms with Crippen molar-refractivity contribution in [3.63, 3.8) is 0 Å². The zero-order valence-electron chi connectivity index (χ0n) is 13.9. The summed E-state index contributed by atoms with van der Waals surface area (Å²) >= 11 is 0. The largest absolute Gasteiger partial charge is 0.463 e. The molecule has 0 aromatic rings. The van der Waals surface area contributed by atoms with Gasteiger partial charge in [-0.3, -0.25) is 4.79 Å². The molecule has 12 nitrogen and oxygen atoms in total. The number of esters is 1. The van der Waals surface area contributed by atoms with Crippen LogP contribution in [0, 0.1) is 0 Å². The Balaban J connectivity index is 1.95. The van der Waals surface area contributed by atoms with Gasteiger partial charge in [0.1, 0.15) is 55.4 Å². The summed E-state index contributed by atoms with van der Waals surface area (Å²) in [6.07, 6.45) is -15.6. The smallest absolute Gasteiger partial charge is 0.302 e. The Morgan fingerprint density at radius 1 is 0.769 bits per heavy atom. The van der Waals surface area contributed by atoms with Crippen LogP contribution >= 0.6 is 0 Å². The zero-order valence-corrected chi connectivity index (χ0v) is 13.9. The third-order valence-electron chi connectivity index (χ3n) is 4.23. The molecule has 26 heavy (non-hydrogen) atoms. The van der Waals surface area contributed by atoms with Gasteiger partial charge in [0, 0.05) is 6.92 Å². The second-order valence-electron chi connectivity index (χ2n) is 6.19. The Morgan fingerprint density at radius 3 is 1.88 bits per heavy atom. The maximum absolute atomic E-state index is 10.9. The number of ether oxygens (including phenoxy) is 4. The molecule has 2 rings (SSSR count). The standard InChI is InChI=1S/C14H24O12/c1-4(15)23-2-6-8(17)10(19)12(21)14(26-6)24-3-5-7(16)9(18)11(20)13(22)25-5/h5-14,16-22H,2-3H2,1H3/t5?,6?,7-,8+,9?,10+,11+,12?,13?,14+/m1/s1. The van der Waals surface area contributed by atoms with Crippen LogP contribution in [0.15, 0.2) is 0 Å². The van der Waals surface area contributed by atoms with Crippen LogP contribution in [0.4, 0.5) is 0 Å². The van der Waals surface area contributed by atoms with Crippen molar-refractivity contribution in [3.8, 4) is 0 Å². The average Bonchev–Trinajstić information content (AvgIpc) is 2.60. The topological polar surface area (TPSA) is 196 Å². The molecule has 0 spiro atoms. The fourth-order valence-electron chi connectivity index (χ4n) is 2.65. The summed E-state index contributed by atoms with van der Waals surface area (Å²) in [6, 6.07) is 0. The van der Waals surface area contributed by atoms with Crippen molar-refractivity contribution in [2.24, 2.45) is 0 Å². The van der Waals surface area contributed by atoms with Gasteiger partial charge >= 0.3 is 5.97 Å². The molecule has 0 aliphatic carbocycles. The fraction of sp³-hybridized carbons (Fsp3) is 0.929. The van der Waals surface area contributed by atoms with Crippen LogP contribution in [-0.2, 0) is 23.7 Å². The van der Waals surface area contributed by atoms with E-state index in [0.29, 0.717) is 0 Å². The van der Waals surface area contributed by atoms with E-state index < -0.39 is 80.6 Å². The molecule has 0 aromatic carbocycles. The minimum absolute atomic E-state index is 0.397. The molecule has 0 saturated carbocycles. The lowest BCUT2D eigenvalue weighted by atomic mass is 9.98. The fourth-order valence-corrected chi connectivity index (χ4v) is 2.65. The highest BCUT2D eigenvalue weighted by molar-refractivity contribution is 5.65. The highest BCUT2D eigenvalue weighted by Crippen LogP contribution is 2.25. The molecule has 2 aliphatic rings. The molecule has 152 valence electrons. The van der Waals surface area contributed by atoms with Crippen molar-refractivity contribution in [1.82, 2.24) is 0 Å². The van der Waals surface area contributed by atoms with Gasteiger partial charge < -0.3 is 54.7 Å². The lowest BCUT2D eigenvalue weighted by molar-refractivity contribution is -0.326. The molecule has 10 atom stereocenters. The molecule has 7 N–H and O–H groups in total. The number of aliphatic hydroxyl groups is 7. The minimum Gasteiger partial charge on any atom is -0.463 e. The van der Waals surface area contributed by atoms with Crippen LogP contribution in [-0.4, -0.2) is 116 Å². The predicted molar refractivity (Wildman–Crippen MR) is 78.2 cm³/mol. The molecular formula is C14H24O12. The van der Waals surface area contributed by atoms with Crippen LogP contribution in [0.5, 0.6) is 0 Å². The molecule has 12 heteroatoms. The number of aliphatic hydroxyl groups excluding tert-OH is 7. The van der Waals surface area contributed by atoms with Crippen LogP contribution in [0.25, 0.3) is 0 Å². The maximum atomic E-state index is 10.9. The van der Waals surface area contributed by atoms with Gasteiger partial charge in [0.2, 0.25) is 0 Å². The van der Waals surface area contributed by atoms with E-state index in [1.165, 1.54) is 0 Å². The first-order valence-corrected chi connectivity index (χ1v) is 7.95. The van der Waals surface area contributed by atoms with Gasteiger partial charge in [-0.25, -0.2) is 0 Å². The number of rotatable bonds is 5. The number of hydrogen-bond donors (Lipinski definition) is 7. The molecule has 0 amide bonds. The summed E-state index contributed by atoms with van der Waals surface area (Å²) in [5.41, 5.74) is 0. The lowest BCUT2D eigenvalue weighted by Crippen LogP contribution is -2.61. The van der Waals surface area contributed by atoms with Crippen molar-refractivity contribution in [1.29, 1.82) is 0 Å². The first-order valence-electron chi connectivity index (χ1n) is 7.95. The molecule has 2 aliphatic heterocycles. The minimum atomic E-state index is -1.76. The molecule has 0 bridgehead atoms. The average molecular weight is 384 g/mol. The van der Waals surface area contributed by atoms with Gasteiger partial charge in [0.15, 0.2) is 12.6 Å². The first kappa shape index (κ1) is 21.4. The Morgan fingerprint density at radius 2 is 1.31 bits per heavy atom. The van der Waals surface area contributed by atoms with E-state index in [2.05, 4.69) is 0 Å². The van der Waals surface area contributed by atoms with Crippen LogP contribution < -0.4 is 0 Å². The summed E-state index contributed by atoms with van der Waals surface area (Å²) in [7, 11) is 0. The van der Waals surface area contributed by atoms with Gasteiger partial charge in [-0.2, -0.15) is 0 Å². The van der Waals surface area contributed by atoms with Gasteiger partial charge in [-0.05, 0) is 0 Å². The number of carbonyl (C=O) groups excluding carboxylic acids is 1. The molecule has 0 aromatic heterocycles. The Bertz CT molecular complexity index is 475. The number of hydrogen-bond acceptors (Lipinski definition) is 12. The normalized spacial score (nSPS) is 46.8. The van der Waals surface area contributed by atoms with Crippen LogP contribution in [0.2, 0.25) is 0 Å². The van der Waals surface area contributed by atoms with Gasteiger partial charge in [0.05, 0.1) is 6.61 Å². The highest BCUT2D eigenvalue weighted by atomic mass is 16.7. The third-order valence-corrected chi connectivity index (χ3v) is 4.23. The second-order valence-corrected chi connectivity index (χ2v) is 6.19. The quantitative estimate of drug-likeness (QED) is 0.224. The summed E-state index contributed by atoms with van der Waals surface area (Å²) in [5, 5.41) is 68.0. The van der Waals surface area contributed by atoms with Crippen molar-refractivity contribution in [3.05, 3.63) is 0 Å². The van der Waals surface area contributed by atoms with E-state index in [4.69, 9.17) is 18.9 Å². The van der Waals surface area contributed by atoms with E-state index in [-0.39, 0.29) is 0 Å². The van der Waals surface area contributed by atoms with Crippen LogP contribution in [0.1, 0.15) is 6.92 Å². The second kappa shape index (κ2) is 8.84. The third kappa shape index (κ3) is 4.67. The van der Waals surface area contributed by atoms with E-state index in [0.717, 1.165) is 6.92 Å². The Hall–Kier alpha value is -0.930. The molecular weight excluding hydrogens is 360 g/mol. The van der Waals surface area contributed by atoms with E-state index in [1.807, 2.05) is 0 Å². The lowest BCUT2D eigenvalue weighted by Gasteiger charge is -2.42. The predicted octanol–water partition coefficient (Wildman–Crippen LogP) is -4.83. The van der Waals surface area contributed by atoms with Gasteiger partial charge in [0.25, 0.3) is 0 Å².